The van der Waals surface area contributed by atoms with Crippen molar-refractivity contribution >= 4 is 21.8 Å². The standard InChI is InChI=1S/C26H33N3O5S/c1-19(22-9-10-22)29(18-21-7-11-24(34-3)12-8-21)26(31)23-5-4-6-25(17-23)35(32,33)28-15-13-27(14-16-28)20(2)30/h4-8,11-12,17,19,22H,9-10,13-16,18H2,1-3H3. The van der Waals surface area contributed by atoms with Gasteiger partial charge in [0.2, 0.25) is 15.9 Å². The molecule has 1 saturated heterocycles. The molecule has 1 heterocycles. The van der Waals surface area contributed by atoms with Crippen LogP contribution in [0.4, 0.5) is 0 Å². The maximum absolute atomic E-state index is 13.7. The molecule has 4 rings (SSSR count). The van der Waals surface area contributed by atoms with Crippen LogP contribution in [0, 0.1) is 5.92 Å². The summed E-state index contributed by atoms with van der Waals surface area (Å²) in [4.78, 5) is 28.8. The summed E-state index contributed by atoms with van der Waals surface area (Å²) in [6, 6.07) is 14.0. The number of hydrogen-bond donors (Lipinski definition) is 0. The van der Waals surface area contributed by atoms with Gasteiger partial charge < -0.3 is 14.5 Å². The van der Waals surface area contributed by atoms with E-state index in [0.29, 0.717) is 31.1 Å². The summed E-state index contributed by atoms with van der Waals surface area (Å²) >= 11 is 0. The molecule has 1 saturated carbocycles. The number of benzene rings is 2. The van der Waals surface area contributed by atoms with E-state index in [1.54, 1.807) is 24.1 Å². The first-order valence-electron chi connectivity index (χ1n) is 12.0. The van der Waals surface area contributed by atoms with Crippen molar-refractivity contribution in [1.29, 1.82) is 0 Å². The molecular weight excluding hydrogens is 466 g/mol. The van der Waals surface area contributed by atoms with Crippen molar-refractivity contribution in [3.05, 3.63) is 59.7 Å². The van der Waals surface area contributed by atoms with Crippen molar-refractivity contribution in [3.63, 3.8) is 0 Å². The van der Waals surface area contributed by atoms with Gasteiger partial charge in [0.25, 0.3) is 5.91 Å². The van der Waals surface area contributed by atoms with E-state index in [2.05, 4.69) is 6.92 Å². The lowest BCUT2D eigenvalue weighted by Gasteiger charge is -2.33. The van der Waals surface area contributed by atoms with Crippen molar-refractivity contribution in [2.75, 3.05) is 33.3 Å². The van der Waals surface area contributed by atoms with Crippen molar-refractivity contribution in [1.82, 2.24) is 14.1 Å². The normalized spacial score (nSPS) is 17.6. The number of carbonyl (C=O) groups excluding carboxylic acids is 2. The average molecular weight is 500 g/mol. The van der Waals surface area contributed by atoms with E-state index in [9.17, 15) is 18.0 Å². The Hall–Kier alpha value is -2.91. The highest BCUT2D eigenvalue weighted by Crippen LogP contribution is 2.36. The summed E-state index contributed by atoms with van der Waals surface area (Å²) in [6.07, 6.45) is 2.18. The summed E-state index contributed by atoms with van der Waals surface area (Å²) in [5.74, 6) is 0.973. The number of rotatable bonds is 8. The van der Waals surface area contributed by atoms with Crippen LogP contribution < -0.4 is 4.74 Å². The number of amides is 2. The molecule has 1 unspecified atom stereocenters. The van der Waals surface area contributed by atoms with Crippen LogP contribution >= 0.6 is 0 Å². The van der Waals surface area contributed by atoms with Crippen LogP contribution in [0.5, 0.6) is 5.75 Å². The van der Waals surface area contributed by atoms with Crippen LogP contribution in [0.1, 0.15) is 42.6 Å². The minimum atomic E-state index is -3.77. The Labute approximate surface area is 207 Å². The fourth-order valence-corrected chi connectivity index (χ4v) is 5.98. The number of sulfonamides is 1. The third-order valence-corrected chi connectivity index (χ3v) is 8.87. The van der Waals surface area contributed by atoms with Gasteiger partial charge in [-0.05, 0) is 61.6 Å². The van der Waals surface area contributed by atoms with Gasteiger partial charge in [0.1, 0.15) is 5.75 Å². The van der Waals surface area contributed by atoms with Crippen molar-refractivity contribution < 1.29 is 22.7 Å². The van der Waals surface area contributed by atoms with Crippen LogP contribution in [0.3, 0.4) is 0 Å². The first kappa shape index (κ1) is 25.2. The number of carbonyl (C=O) groups is 2. The fraction of sp³-hybridized carbons (Fsp3) is 0.462. The first-order valence-corrected chi connectivity index (χ1v) is 13.4. The van der Waals surface area contributed by atoms with E-state index < -0.39 is 10.0 Å². The lowest BCUT2D eigenvalue weighted by molar-refractivity contribution is -0.129. The second-order valence-electron chi connectivity index (χ2n) is 9.30. The summed E-state index contributed by atoms with van der Waals surface area (Å²) in [5, 5.41) is 0. The zero-order valence-corrected chi connectivity index (χ0v) is 21.3. The molecule has 0 spiro atoms. The monoisotopic (exact) mass is 499 g/mol. The molecule has 1 aliphatic heterocycles. The van der Waals surface area contributed by atoms with Gasteiger partial charge in [-0.2, -0.15) is 4.31 Å². The van der Waals surface area contributed by atoms with E-state index in [0.717, 1.165) is 24.2 Å². The molecule has 9 heteroatoms. The van der Waals surface area contributed by atoms with Gasteiger partial charge in [-0.25, -0.2) is 8.42 Å². The minimum absolute atomic E-state index is 0.0459. The highest BCUT2D eigenvalue weighted by Gasteiger charge is 2.35. The summed E-state index contributed by atoms with van der Waals surface area (Å²) in [5.41, 5.74) is 1.34. The summed E-state index contributed by atoms with van der Waals surface area (Å²) < 4.78 is 33.2. The van der Waals surface area contributed by atoms with Gasteiger partial charge in [0, 0.05) is 51.3 Å². The molecule has 0 aromatic heterocycles. The maximum atomic E-state index is 13.7. The van der Waals surface area contributed by atoms with Gasteiger partial charge in [0.15, 0.2) is 0 Å². The van der Waals surface area contributed by atoms with Crippen molar-refractivity contribution in [2.24, 2.45) is 5.92 Å². The SMILES string of the molecule is COc1ccc(CN(C(=O)c2cccc(S(=O)(=O)N3CCN(C(C)=O)CC3)c2)C(C)C2CC2)cc1. The molecule has 2 fully saturated rings. The number of piperazine rings is 1. The minimum Gasteiger partial charge on any atom is -0.497 e. The van der Waals surface area contributed by atoms with Gasteiger partial charge in [-0.3, -0.25) is 9.59 Å². The number of hydrogen-bond acceptors (Lipinski definition) is 5. The van der Waals surface area contributed by atoms with Crippen LogP contribution in [-0.2, 0) is 21.4 Å². The number of ether oxygens (including phenoxy) is 1. The molecule has 2 aromatic rings. The zero-order valence-electron chi connectivity index (χ0n) is 20.5. The Morgan fingerprint density at radius 2 is 1.71 bits per heavy atom. The van der Waals surface area contributed by atoms with Gasteiger partial charge >= 0.3 is 0 Å². The van der Waals surface area contributed by atoms with Crippen LogP contribution in [0.2, 0.25) is 0 Å². The third-order valence-electron chi connectivity index (χ3n) is 6.97. The highest BCUT2D eigenvalue weighted by molar-refractivity contribution is 7.89. The molecule has 1 aliphatic carbocycles. The second-order valence-corrected chi connectivity index (χ2v) is 11.2. The predicted molar refractivity (Wildman–Crippen MR) is 133 cm³/mol. The van der Waals surface area contributed by atoms with Crippen molar-refractivity contribution in [3.8, 4) is 5.75 Å². The molecule has 8 nitrogen and oxygen atoms in total. The Morgan fingerprint density at radius 3 is 2.29 bits per heavy atom. The van der Waals surface area contributed by atoms with Gasteiger partial charge in [-0.15, -0.1) is 0 Å². The topological polar surface area (TPSA) is 87.2 Å². The number of methoxy groups -OCH3 is 1. The third kappa shape index (κ3) is 5.67. The maximum Gasteiger partial charge on any atom is 0.254 e. The molecule has 188 valence electrons. The first-order chi connectivity index (χ1) is 16.7. The molecule has 0 radical (unpaired) electrons. The Balaban J connectivity index is 1.55. The second kappa shape index (κ2) is 10.4. The van der Waals surface area contributed by atoms with Gasteiger partial charge in [0.05, 0.1) is 12.0 Å². The smallest absolute Gasteiger partial charge is 0.254 e. The van der Waals surface area contributed by atoms with Crippen LogP contribution in [0.15, 0.2) is 53.4 Å². The van der Waals surface area contributed by atoms with E-state index in [1.165, 1.54) is 23.4 Å². The summed E-state index contributed by atoms with van der Waals surface area (Å²) in [6.45, 7) is 5.19. The molecule has 2 aromatic carbocycles. The number of nitrogens with zero attached hydrogens (tertiary/aromatic N) is 3. The largest absolute Gasteiger partial charge is 0.497 e. The Bertz CT molecular complexity index is 1170. The Morgan fingerprint density at radius 1 is 1.06 bits per heavy atom. The lowest BCUT2D eigenvalue weighted by Crippen LogP contribution is -2.49. The molecule has 35 heavy (non-hydrogen) atoms. The van der Waals surface area contributed by atoms with Crippen LogP contribution in [0.25, 0.3) is 0 Å². The molecule has 1 atom stereocenters. The van der Waals surface area contributed by atoms with E-state index in [4.69, 9.17) is 4.74 Å². The van der Waals surface area contributed by atoms with E-state index in [-0.39, 0.29) is 35.8 Å². The molecule has 2 aliphatic rings. The molecular formula is C26H33N3O5S. The average Bonchev–Trinajstić information content (AvgIpc) is 3.72. The van der Waals surface area contributed by atoms with Crippen molar-refractivity contribution in [2.45, 2.75) is 44.2 Å². The summed E-state index contributed by atoms with van der Waals surface area (Å²) in [7, 11) is -2.16. The van der Waals surface area contributed by atoms with Gasteiger partial charge in [-0.1, -0.05) is 18.2 Å². The quantitative estimate of drug-likeness (QED) is 0.557. The predicted octanol–water partition coefficient (Wildman–Crippen LogP) is 2.99. The molecule has 0 N–H and O–H groups in total. The molecule has 2 amide bonds. The van der Waals surface area contributed by atoms with Crippen LogP contribution in [-0.4, -0.2) is 73.7 Å². The lowest BCUT2D eigenvalue weighted by atomic mass is 10.1. The van der Waals surface area contributed by atoms with E-state index >= 15 is 0 Å². The fourth-order valence-electron chi connectivity index (χ4n) is 4.51. The zero-order chi connectivity index (χ0) is 25.2. The molecule has 0 bridgehead atoms. The Kier molecular flexibility index (Phi) is 7.47. The van der Waals surface area contributed by atoms with E-state index in [1.807, 2.05) is 29.2 Å². The highest BCUT2D eigenvalue weighted by atomic mass is 32.2.